The molecule has 0 aromatic carbocycles. The molecule has 1 aliphatic rings. The molecule has 0 bridgehead atoms. The second kappa shape index (κ2) is 8.97. The van der Waals surface area contributed by atoms with E-state index < -0.39 is 0 Å². The van der Waals surface area contributed by atoms with Crippen molar-refractivity contribution in [1.82, 2.24) is 5.43 Å². The van der Waals surface area contributed by atoms with Crippen molar-refractivity contribution in [3.05, 3.63) is 11.8 Å². The Hall–Kier alpha value is -1.03. The smallest absolute Gasteiger partial charge is 0.200 e. The molecule has 104 valence electrons. The molecule has 0 aliphatic carbocycles. The quantitative estimate of drug-likeness (QED) is 0.642. The van der Waals surface area contributed by atoms with E-state index in [-0.39, 0.29) is 6.23 Å². The Labute approximate surface area is 110 Å². The third kappa shape index (κ3) is 5.08. The van der Waals surface area contributed by atoms with Gasteiger partial charge in [0.05, 0.1) is 12.3 Å². The summed E-state index contributed by atoms with van der Waals surface area (Å²) in [4.78, 5) is 0. The Balaban J connectivity index is 2.49. The standard InChI is InChI=1S/C14H26N2O2/c1-4-7-9-17-13-11-12(6-3)15-16-14(13)18-10-8-5-2/h11,14,16H,4-10H2,1-3H3. The van der Waals surface area contributed by atoms with Gasteiger partial charge < -0.3 is 9.47 Å². The molecule has 0 saturated carbocycles. The summed E-state index contributed by atoms with van der Waals surface area (Å²) < 4.78 is 11.5. The fourth-order valence-electron chi connectivity index (χ4n) is 1.58. The SMILES string of the molecule is CCCCOC1=CC(CC)=NNC1OCCCC. The predicted molar refractivity (Wildman–Crippen MR) is 74.5 cm³/mol. The number of ether oxygens (including phenoxy) is 2. The number of allylic oxidation sites excluding steroid dienone is 1. The zero-order valence-corrected chi connectivity index (χ0v) is 11.9. The first-order valence-corrected chi connectivity index (χ1v) is 7.09. The molecule has 0 fully saturated rings. The maximum Gasteiger partial charge on any atom is 0.200 e. The normalized spacial score (nSPS) is 18.9. The van der Waals surface area contributed by atoms with Crippen LogP contribution in [0.3, 0.4) is 0 Å². The van der Waals surface area contributed by atoms with Gasteiger partial charge >= 0.3 is 0 Å². The van der Waals surface area contributed by atoms with Gasteiger partial charge in [-0.1, -0.05) is 33.6 Å². The van der Waals surface area contributed by atoms with E-state index in [1.54, 1.807) is 0 Å². The average molecular weight is 254 g/mol. The van der Waals surface area contributed by atoms with Gasteiger partial charge in [0.15, 0.2) is 0 Å². The van der Waals surface area contributed by atoms with Gasteiger partial charge in [0, 0.05) is 12.7 Å². The highest BCUT2D eigenvalue weighted by molar-refractivity contribution is 5.95. The lowest BCUT2D eigenvalue weighted by Crippen LogP contribution is -2.35. The van der Waals surface area contributed by atoms with Gasteiger partial charge in [-0.25, -0.2) is 0 Å². The van der Waals surface area contributed by atoms with Crippen molar-refractivity contribution < 1.29 is 9.47 Å². The molecule has 18 heavy (non-hydrogen) atoms. The number of hydrazone groups is 1. The molecule has 0 aromatic rings. The first-order valence-electron chi connectivity index (χ1n) is 7.09. The van der Waals surface area contributed by atoms with Crippen LogP contribution in [0, 0.1) is 0 Å². The fraction of sp³-hybridized carbons (Fsp3) is 0.786. The second-order valence-corrected chi connectivity index (χ2v) is 4.44. The highest BCUT2D eigenvalue weighted by Crippen LogP contribution is 2.13. The molecule has 4 nitrogen and oxygen atoms in total. The van der Waals surface area contributed by atoms with E-state index >= 15 is 0 Å². The Morgan fingerprint density at radius 3 is 2.56 bits per heavy atom. The molecule has 1 rings (SSSR count). The highest BCUT2D eigenvalue weighted by atomic mass is 16.5. The van der Waals surface area contributed by atoms with Gasteiger partial charge in [-0.15, -0.1) is 0 Å². The molecule has 0 radical (unpaired) electrons. The third-order valence-corrected chi connectivity index (χ3v) is 2.80. The van der Waals surface area contributed by atoms with Crippen LogP contribution >= 0.6 is 0 Å². The average Bonchev–Trinajstić information content (AvgIpc) is 2.40. The summed E-state index contributed by atoms with van der Waals surface area (Å²) in [6.07, 6.45) is 7.08. The minimum Gasteiger partial charge on any atom is -0.493 e. The number of nitrogens with zero attached hydrogens (tertiary/aromatic N) is 1. The van der Waals surface area contributed by atoms with E-state index in [0.717, 1.165) is 56.8 Å². The summed E-state index contributed by atoms with van der Waals surface area (Å²) >= 11 is 0. The van der Waals surface area contributed by atoms with E-state index in [2.05, 4.69) is 31.3 Å². The van der Waals surface area contributed by atoms with Crippen molar-refractivity contribution in [2.75, 3.05) is 13.2 Å². The van der Waals surface area contributed by atoms with Crippen molar-refractivity contribution in [1.29, 1.82) is 0 Å². The zero-order valence-electron chi connectivity index (χ0n) is 11.9. The van der Waals surface area contributed by atoms with E-state index in [1.165, 1.54) is 0 Å². The summed E-state index contributed by atoms with van der Waals surface area (Å²) in [5.74, 6) is 0.867. The Bertz CT molecular complexity index is 288. The maximum atomic E-state index is 5.79. The maximum absolute atomic E-state index is 5.79. The van der Waals surface area contributed by atoms with Crippen LogP contribution in [0.2, 0.25) is 0 Å². The van der Waals surface area contributed by atoms with Gasteiger partial charge in [-0.3, -0.25) is 5.43 Å². The molecule has 1 aliphatic heterocycles. The fourth-order valence-corrected chi connectivity index (χ4v) is 1.58. The van der Waals surface area contributed by atoms with E-state index in [1.807, 2.05) is 6.08 Å². The van der Waals surface area contributed by atoms with Crippen molar-refractivity contribution in [2.24, 2.45) is 5.10 Å². The predicted octanol–water partition coefficient (Wildman–Crippen LogP) is 3.20. The van der Waals surface area contributed by atoms with Crippen LogP contribution in [0.4, 0.5) is 0 Å². The van der Waals surface area contributed by atoms with Gasteiger partial charge in [0.2, 0.25) is 6.23 Å². The van der Waals surface area contributed by atoms with Crippen molar-refractivity contribution in [2.45, 2.75) is 59.1 Å². The molecule has 0 saturated heterocycles. The summed E-state index contributed by atoms with van der Waals surface area (Å²) in [5.41, 5.74) is 4.04. The second-order valence-electron chi connectivity index (χ2n) is 4.44. The van der Waals surface area contributed by atoms with Gasteiger partial charge in [-0.2, -0.15) is 5.10 Å². The van der Waals surface area contributed by atoms with Crippen LogP contribution < -0.4 is 5.43 Å². The topological polar surface area (TPSA) is 42.8 Å². The summed E-state index contributed by atoms with van der Waals surface area (Å²) in [6, 6.07) is 0. The van der Waals surface area contributed by atoms with E-state index in [4.69, 9.17) is 9.47 Å². The molecule has 4 heteroatoms. The van der Waals surface area contributed by atoms with Crippen LogP contribution in [-0.2, 0) is 9.47 Å². The van der Waals surface area contributed by atoms with Crippen molar-refractivity contribution in [3.63, 3.8) is 0 Å². The van der Waals surface area contributed by atoms with Crippen LogP contribution in [-0.4, -0.2) is 25.2 Å². The summed E-state index contributed by atoms with van der Waals surface area (Å²) in [6.45, 7) is 7.87. The van der Waals surface area contributed by atoms with Crippen molar-refractivity contribution >= 4 is 5.71 Å². The van der Waals surface area contributed by atoms with Crippen LogP contribution in [0.25, 0.3) is 0 Å². The lowest BCUT2D eigenvalue weighted by molar-refractivity contribution is 0.00709. The molecule has 0 spiro atoms. The molecular formula is C14H26N2O2. The number of rotatable bonds is 9. The minimum absolute atomic E-state index is 0.219. The van der Waals surface area contributed by atoms with Gasteiger partial charge in [0.1, 0.15) is 5.76 Å². The van der Waals surface area contributed by atoms with Crippen LogP contribution in [0.5, 0.6) is 0 Å². The van der Waals surface area contributed by atoms with Gasteiger partial charge in [-0.05, 0) is 19.3 Å². The highest BCUT2D eigenvalue weighted by Gasteiger charge is 2.20. The number of unbranched alkanes of at least 4 members (excludes halogenated alkanes) is 2. The largest absolute Gasteiger partial charge is 0.493 e. The van der Waals surface area contributed by atoms with Crippen molar-refractivity contribution in [3.8, 4) is 0 Å². The molecular weight excluding hydrogens is 228 g/mol. The first kappa shape index (κ1) is 15.0. The molecule has 0 aromatic heterocycles. The number of nitrogens with one attached hydrogen (secondary N) is 1. The molecule has 1 heterocycles. The number of hydrogen-bond acceptors (Lipinski definition) is 4. The molecule has 1 atom stereocenters. The Kier molecular flexibility index (Phi) is 7.49. The van der Waals surface area contributed by atoms with Gasteiger partial charge in [0.25, 0.3) is 0 Å². The molecule has 0 amide bonds. The molecule has 1 N–H and O–H groups in total. The van der Waals surface area contributed by atoms with E-state index in [0.29, 0.717) is 0 Å². The number of hydrogen-bond donors (Lipinski definition) is 1. The Morgan fingerprint density at radius 2 is 1.89 bits per heavy atom. The Morgan fingerprint density at radius 1 is 1.17 bits per heavy atom. The summed E-state index contributed by atoms with van der Waals surface area (Å²) in [5, 5.41) is 4.27. The molecule has 1 unspecified atom stereocenters. The van der Waals surface area contributed by atoms with Crippen LogP contribution in [0.15, 0.2) is 16.9 Å². The van der Waals surface area contributed by atoms with Crippen LogP contribution in [0.1, 0.15) is 52.9 Å². The third-order valence-electron chi connectivity index (χ3n) is 2.80. The lowest BCUT2D eigenvalue weighted by atomic mass is 10.2. The zero-order chi connectivity index (χ0) is 13.2. The summed E-state index contributed by atoms with van der Waals surface area (Å²) in [7, 11) is 0. The lowest BCUT2D eigenvalue weighted by Gasteiger charge is -2.24. The monoisotopic (exact) mass is 254 g/mol. The van der Waals surface area contributed by atoms with E-state index in [9.17, 15) is 0 Å². The minimum atomic E-state index is -0.219. The first-order chi connectivity index (χ1) is 8.81.